The zero-order valence-electron chi connectivity index (χ0n) is 14.1. The van der Waals surface area contributed by atoms with Crippen molar-refractivity contribution in [3.63, 3.8) is 0 Å². The molecule has 1 saturated heterocycles. The van der Waals surface area contributed by atoms with E-state index in [1.54, 1.807) is 4.90 Å². The highest BCUT2D eigenvalue weighted by Crippen LogP contribution is 2.19. The minimum absolute atomic E-state index is 0.106. The van der Waals surface area contributed by atoms with Crippen LogP contribution in [0.25, 0.3) is 0 Å². The highest BCUT2D eigenvalue weighted by atomic mass is 16.3. The Morgan fingerprint density at radius 2 is 1.72 bits per heavy atom. The normalized spacial score (nSPS) is 14.5. The molecule has 4 heteroatoms. The fourth-order valence-corrected chi connectivity index (χ4v) is 2.87. The van der Waals surface area contributed by atoms with Gasteiger partial charge in [0.1, 0.15) is 0 Å². The van der Waals surface area contributed by atoms with E-state index in [1.165, 1.54) is 0 Å². The van der Waals surface area contributed by atoms with Crippen molar-refractivity contribution >= 4 is 11.7 Å². The number of urea groups is 1. The fourth-order valence-electron chi connectivity index (χ4n) is 2.87. The van der Waals surface area contributed by atoms with Crippen LogP contribution in [0.15, 0.2) is 54.6 Å². The van der Waals surface area contributed by atoms with Crippen molar-refractivity contribution in [3.8, 4) is 11.8 Å². The molecule has 1 aliphatic heterocycles. The molecule has 3 rings (SSSR count). The maximum atomic E-state index is 12.5. The van der Waals surface area contributed by atoms with Gasteiger partial charge in [0.15, 0.2) is 0 Å². The second-order valence-electron chi connectivity index (χ2n) is 6.20. The number of likely N-dealkylation sites (tertiary alicyclic amines) is 1. The van der Waals surface area contributed by atoms with Crippen molar-refractivity contribution in [2.45, 2.75) is 12.8 Å². The van der Waals surface area contributed by atoms with Crippen molar-refractivity contribution in [3.05, 3.63) is 65.7 Å². The maximum absolute atomic E-state index is 12.5. The summed E-state index contributed by atoms with van der Waals surface area (Å²) in [6, 6.07) is 17.3. The molecule has 0 radical (unpaired) electrons. The number of benzene rings is 2. The van der Waals surface area contributed by atoms with Crippen LogP contribution in [0, 0.1) is 17.8 Å². The minimum atomic E-state index is -0.106. The average Bonchev–Trinajstić information content (AvgIpc) is 2.68. The summed E-state index contributed by atoms with van der Waals surface area (Å²) in [7, 11) is 0. The molecule has 0 unspecified atom stereocenters. The fraction of sp³-hybridized carbons (Fsp3) is 0.286. The maximum Gasteiger partial charge on any atom is 0.321 e. The van der Waals surface area contributed by atoms with Gasteiger partial charge in [-0.1, -0.05) is 42.2 Å². The monoisotopic (exact) mass is 334 g/mol. The number of piperidine rings is 1. The molecule has 4 nitrogen and oxygen atoms in total. The first-order valence-corrected chi connectivity index (χ1v) is 8.59. The number of nitrogens with zero attached hydrogens (tertiary/aromatic N) is 1. The Balaban J connectivity index is 1.69. The first kappa shape index (κ1) is 17.1. The van der Waals surface area contributed by atoms with E-state index in [9.17, 15) is 9.90 Å². The molecular formula is C21H22N2O2. The molecule has 0 aliphatic carbocycles. The van der Waals surface area contributed by atoms with Gasteiger partial charge >= 0.3 is 6.03 Å². The van der Waals surface area contributed by atoms with Gasteiger partial charge in [0, 0.05) is 30.8 Å². The number of aliphatic hydroxyl groups excluding tert-OH is 1. The Labute approximate surface area is 148 Å². The molecule has 2 aromatic carbocycles. The van der Waals surface area contributed by atoms with E-state index >= 15 is 0 Å². The number of hydrogen-bond donors (Lipinski definition) is 2. The molecule has 0 spiro atoms. The van der Waals surface area contributed by atoms with Gasteiger partial charge in [-0.05, 0) is 43.0 Å². The molecule has 1 aliphatic rings. The number of aliphatic hydroxyl groups is 1. The largest absolute Gasteiger partial charge is 0.396 e. The Hall–Kier alpha value is -2.77. The molecule has 2 aromatic rings. The number of rotatable bonds is 2. The van der Waals surface area contributed by atoms with Crippen molar-refractivity contribution < 1.29 is 9.90 Å². The summed E-state index contributed by atoms with van der Waals surface area (Å²) >= 11 is 0. The summed E-state index contributed by atoms with van der Waals surface area (Å²) < 4.78 is 0. The molecule has 0 bridgehead atoms. The Morgan fingerprint density at radius 1 is 1.04 bits per heavy atom. The quantitative estimate of drug-likeness (QED) is 0.828. The molecule has 2 N–H and O–H groups in total. The third kappa shape index (κ3) is 4.62. The van der Waals surface area contributed by atoms with Crippen LogP contribution in [-0.2, 0) is 0 Å². The van der Waals surface area contributed by atoms with Gasteiger partial charge in [0.25, 0.3) is 0 Å². The Bertz CT molecular complexity index is 769. The van der Waals surface area contributed by atoms with Crippen LogP contribution < -0.4 is 5.32 Å². The Kier molecular flexibility index (Phi) is 5.71. The average molecular weight is 334 g/mol. The van der Waals surface area contributed by atoms with Crippen molar-refractivity contribution in [2.24, 2.45) is 5.92 Å². The summed E-state index contributed by atoms with van der Waals surface area (Å²) in [5.74, 6) is 6.58. The number of para-hydroxylation sites is 1. The second kappa shape index (κ2) is 8.36. The van der Waals surface area contributed by atoms with Gasteiger partial charge in [-0.3, -0.25) is 0 Å². The number of amides is 2. The standard InChI is InChI=1S/C21H22N2O2/c24-16-18-12-14-23(15-13-18)21(25)22-20-9-5-4-8-19(20)11-10-17-6-2-1-3-7-17/h1-9,18,24H,12-16H2,(H,22,25). The number of carbonyl (C=O) groups is 1. The predicted octanol–water partition coefficient (Wildman–Crippen LogP) is 3.32. The van der Waals surface area contributed by atoms with Gasteiger partial charge in [0.05, 0.1) is 5.69 Å². The zero-order valence-corrected chi connectivity index (χ0v) is 14.1. The number of hydrogen-bond acceptors (Lipinski definition) is 2. The van der Waals surface area contributed by atoms with Crippen LogP contribution in [0.2, 0.25) is 0 Å². The van der Waals surface area contributed by atoms with E-state index in [0.717, 1.165) is 29.7 Å². The summed E-state index contributed by atoms with van der Waals surface area (Å²) in [5, 5.41) is 12.2. The van der Waals surface area contributed by atoms with Gasteiger partial charge in [-0.25, -0.2) is 4.79 Å². The molecule has 25 heavy (non-hydrogen) atoms. The molecule has 1 fully saturated rings. The molecule has 1 heterocycles. The minimum Gasteiger partial charge on any atom is -0.396 e. The van der Waals surface area contributed by atoms with E-state index in [-0.39, 0.29) is 12.6 Å². The molecule has 128 valence electrons. The van der Waals surface area contributed by atoms with E-state index in [0.29, 0.717) is 19.0 Å². The van der Waals surface area contributed by atoms with Crippen molar-refractivity contribution in [2.75, 3.05) is 25.0 Å². The van der Waals surface area contributed by atoms with Crippen LogP contribution >= 0.6 is 0 Å². The van der Waals surface area contributed by atoms with E-state index in [2.05, 4.69) is 17.2 Å². The van der Waals surface area contributed by atoms with Crippen LogP contribution in [0.5, 0.6) is 0 Å². The lowest BCUT2D eigenvalue weighted by atomic mass is 9.98. The van der Waals surface area contributed by atoms with Crippen LogP contribution in [-0.4, -0.2) is 35.7 Å². The number of carbonyl (C=O) groups excluding carboxylic acids is 1. The molecule has 0 aromatic heterocycles. The van der Waals surface area contributed by atoms with Crippen LogP contribution in [0.1, 0.15) is 24.0 Å². The molecule has 0 saturated carbocycles. The van der Waals surface area contributed by atoms with Crippen molar-refractivity contribution in [1.82, 2.24) is 4.90 Å². The lowest BCUT2D eigenvalue weighted by Crippen LogP contribution is -2.41. The lowest BCUT2D eigenvalue weighted by Gasteiger charge is -2.31. The van der Waals surface area contributed by atoms with Crippen LogP contribution in [0.3, 0.4) is 0 Å². The summed E-state index contributed by atoms with van der Waals surface area (Å²) in [6.07, 6.45) is 1.69. The SMILES string of the molecule is O=C(Nc1ccccc1C#Cc1ccccc1)N1CCC(CO)CC1. The number of anilines is 1. The first-order valence-electron chi connectivity index (χ1n) is 8.59. The molecular weight excluding hydrogens is 312 g/mol. The highest BCUT2D eigenvalue weighted by molar-refractivity contribution is 5.91. The van der Waals surface area contributed by atoms with Crippen LogP contribution in [0.4, 0.5) is 10.5 Å². The van der Waals surface area contributed by atoms with Gasteiger partial charge in [0.2, 0.25) is 0 Å². The van der Waals surface area contributed by atoms with Gasteiger partial charge < -0.3 is 15.3 Å². The second-order valence-corrected chi connectivity index (χ2v) is 6.20. The molecule has 0 atom stereocenters. The highest BCUT2D eigenvalue weighted by Gasteiger charge is 2.22. The third-order valence-electron chi connectivity index (χ3n) is 4.44. The third-order valence-corrected chi connectivity index (χ3v) is 4.44. The summed E-state index contributed by atoms with van der Waals surface area (Å²) in [4.78, 5) is 14.3. The first-order chi connectivity index (χ1) is 12.3. The predicted molar refractivity (Wildman–Crippen MR) is 99.3 cm³/mol. The van der Waals surface area contributed by atoms with E-state index in [1.807, 2.05) is 54.6 Å². The summed E-state index contributed by atoms with van der Waals surface area (Å²) in [5.41, 5.74) is 2.46. The van der Waals surface area contributed by atoms with E-state index in [4.69, 9.17) is 0 Å². The van der Waals surface area contributed by atoms with E-state index < -0.39 is 0 Å². The number of nitrogens with one attached hydrogen (secondary N) is 1. The Morgan fingerprint density at radius 3 is 2.44 bits per heavy atom. The van der Waals surface area contributed by atoms with Crippen molar-refractivity contribution in [1.29, 1.82) is 0 Å². The topological polar surface area (TPSA) is 52.6 Å². The smallest absolute Gasteiger partial charge is 0.321 e. The van der Waals surface area contributed by atoms with Gasteiger partial charge in [-0.2, -0.15) is 0 Å². The zero-order chi connectivity index (χ0) is 17.5. The lowest BCUT2D eigenvalue weighted by molar-refractivity contribution is 0.143. The van der Waals surface area contributed by atoms with Gasteiger partial charge in [-0.15, -0.1) is 0 Å². The summed E-state index contributed by atoms with van der Waals surface area (Å²) in [6.45, 7) is 1.55. The molecule has 2 amide bonds.